The first kappa shape index (κ1) is 12.4. The number of amides is 1. The molecule has 0 aliphatic carbocycles. The van der Waals surface area contributed by atoms with Crippen LogP contribution in [-0.4, -0.2) is 63.7 Å². The third-order valence-corrected chi connectivity index (χ3v) is 1.79. The Morgan fingerprint density at radius 3 is 2.31 bits per heavy atom. The number of rotatable bonds is 6. The highest BCUT2D eigenvalue weighted by atomic mass is 16.5. The SMILES string of the molecule is COCC(=O)N(C)CCCN(C)C. The van der Waals surface area contributed by atoms with Crippen molar-refractivity contribution in [1.82, 2.24) is 9.80 Å². The van der Waals surface area contributed by atoms with Gasteiger partial charge in [-0.1, -0.05) is 0 Å². The van der Waals surface area contributed by atoms with Gasteiger partial charge >= 0.3 is 0 Å². The van der Waals surface area contributed by atoms with Crippen LogP contribution in [0.3, 0.4) is 0 Å². The summed E-state index contributed by atoms with van der Waals surface area (Å²) >= 11 is 0. The van der Waals surface area contributed by atoms with Crippen LogP contribution in [0.4, 0.5) is 0 Å². The second kappa shape index (κ2) is 6.86. The van der Waals surface area contributed by atoms with Gasteiger partial charge < -0.3 is 14.5 Å². The summed E-state index contributed by atoms with van der Waals surface area (Å²) in [4.78, 5) is 15.0. The Balaban J connectivity index is 3.49. The third kappa shape index (κ3) is 6.54. The van der Waals surface area contributed by atoms with Gasteiger partial charge in [-0.3, -0.25) is 4.79 Å². The molecule has 4 nitrogen and oxygen atoms in total. The molecule has 0 rings (SSSR count). The summed E-state index contributed by atoms with van der Waals surface area (Å²) in [7, 11) is 7.39. The van der Waals surface area contributed by atoms with Crippen LogP contribution in [-0.2, 0) is 9.53 Å². The fraction of sp³-hybridized carbons (Fsp3) is 0.889. The average molecular weight is 188 g/mol. The quantitative estimate of drug-likeness (QED) is 0.590. The first-order valence-corrected chi connectivity index (χ1v) is 4.45. The molecule has 0 atom stereocenters. The molecule has 0 fully saturated rings. The molecule has 0 spiro atoms. The Hall–Kier alpha value is -0.610. The lowest BCUT2D eigenvalue weighted by molar-refractivity contribution is -0.133. The normalized spacial score (nSPS) is 10.5. The maximum Gasteiger partial charge on any atom is 0.248 e. The lowest BCUT2D eigenvalue weighted by Crippen LogP contribution is -2.32. The number of carbonyl (C=O) groups is 1. The second-order valence-corrected chi connectivity index (χ2v) is 3.41. The van der Waals surface area contributed by atoms with E-state index in [2.05, 4.69) is 4.90 Å². The van der Waals surface area contributed by atoms with Crippen molar-refractivity contribution in [3.05, 3.63) is 0 Å². The summed E-state index contributed by atoms with van der Waals surface area (Å²) < 4.78 is 4.75. The Kier molecular flexibility index (Phi) is 6.54. The number of hydrogen-bond donors (Lipinski definition) is 0. The molecular weight excluding hydrogens is 168 g/mol. The van der Waals surface area contributed by atoms with Gasteiger partial charge in [0.2, 0.25) is 5.91 Å². The van der Waals surface area contributed by atoms with E-state index in [0.29, 0.717) is 0 Å². The molecule has 0 saturated carbocycles. The van der Waals surface area contributed by atoms with E-state index in [1.807, 2.05) is 14.1 Å². The second-order valence-electron chi connectivity index (χ2n) is 3.41. The topological polar surface area (TPSA) is 32.8 Å². The van der Waals surface area contributed by atoms with Crippen LogP contribution >= 0.6 is 0 Å². The predicted molar refractivity (Wildman–Crippen MR) is 52.7 cm³/mol. The van der Waals surface area contributed by atoms with Gasteiger partial charge in [-0.15, -0.1) is 0 Å². The Morgan fingerprint density at radius 2 is 1.85 bits per heavy atom. The van der Waals surface area contributed by atoms with Gasteiger partial charge in [0.1, 0.15) is 6.61 Å². The number of carbonyl (C=O) groups excluding carboxylic acids is 1. The minimum atomic E-state index is 0.0428. The third-order valence-electron chi connectivity index (χ3n) is 1.79. The molecule has 0 aliphatic rings. The minimum Gasteiger partial charge on any atom is -0.375 e. The summed E-state index contributed by atoms with van der Waals surface area (Å²) in [5.41, 5.74) is 0. The standard InChI is InChI=1S/C9H20N2O2/c1-10(2)6-5-7-11(3)9(12)8-13-4/h5-8H2,1-4H3. The summed E-state index contributed by atoms with van der Waals surface area (Å²) in [6, 6.07) is 0. The van der Waals surface area contributed by atoms with Crippen molar-refractivity contribution in [3.8, 4) is 0 Å². The molecular formula is C9H20N2O2. The largest absolute Gasteiger partial charge is 0.375 e. The van der Waals surface area contributed by atoms with Gasteiger partial charge in [0.05, 0.1) is 0 Å². The van der Waals surface area contributed by atoms with Crippen molar-refractivity contribution >= 4 is 5.91 Å². The maximum absolute atomic E-state index is 11.2. The van der Waals surface area contributed by atoms with E-state index in [1.54, 1.807) is 11.9 Å². The molecule has 0 aromatic carbocycles. The lowest BCUT2D eigenvalue weighted by atomic mass is 10.3. The Morgan fingerprint density at radius 1 is 1.23 bits per heavy atom. The molecule has 0 aliphatic heterocycles. The van der Waals surface area contributed by atoms with Gasteiger partial charge in [-0.05, 0) is 27.1 Å². The number of likely N-dealkylation sites (N-methyl/N-ethyl adjacent to an activating group) is 1. The zero-order valence-corrected chi connectivity index (χ0v) is 9.04. The van der Waals surface area contributed by atoms with Crippen molar-refractivity contribution in [1.29, 1.82) is 0 Å². The average Bonchev–Trinajstić information content (AvgIpc) is 2.04. The molecule has 0 heterocycles. The van der Waals surface area contributed by atoms with E-state index in [4.69, 9.17) is 4.74 Å². The van der Waals surface area contributed by atoms with Gasteiger partial charge in [0, 0.05) is 20.7 Å². The van der Waals surface area contributed by atoms with Gasteiger partial charge in [0.25, 0.3) is 0 Å². The van der Waals surface area contributed by atoms with Gasteiger partial charge in [-0.25, -0.2) is 0 Å². The first-order valence-electron chi connectivity index (χ1n) is 4.45. The van der Waals surface area contributed by atoms with Crippen molar-refractivity contribution in [2.75, 3.05) is 47.9 Å². The predicted octanol–water partition coefficient (Wildman–Crippen LogP) is 0.0429. The van der Waals surface area contributed by atoms with Crippen LogP contribution in [0.15, 0.2) is 0 Å². The molecule has 0 saturated heterocycles. The first-order chi connectivity index (χ1) is 6.07. The van der Waals surface area contributed by atoms with Crippen LogP contribution in [0.25, 0.3) is 0 Å². The van der Waals surface area contributed by atoms with E-state index >= 15 is 0 Å². The highest BCUT2D eigenvalue weighted by molar-refractivity contribution is 5.77. The summed E-state index contributed by atoms with van der Waals surface area (Å²) in [6.45, 7) is 1.98. The van der Waals surface area contributed by atoms with Crippen LogP contribution < -0.4 is 0 Å². The van der Waals surface area contributed by atoms with Gasteiger partial charge in [-0.2, -0.15) is 0 Å². The Labute approximate surface area is 80.5 Å². The molecule has 0 aromatic heterocycles. The van der Waals surface area contributed by atoms with Gasteiger partial charge in [0.15, 0.2) is 0 Å². The fourth-order valence-corrected chi connectivity index (χ4v) is 0.982. The van der Waals surface area contributed by atoms with E-state index in [9.17, 15) is 4.79 Å². The number of methoxy groups -OCH3 is 1. The Bertz CT molecular complexity index is 149. The van der Waals surface area contributed by atoms with Crippen molar-refractivity contribution in [3.63, 3.8) is 0 Å². The van der Waals surface area contributed by atoms with Crippen LogP contribution in [0.2, 0.25) is 0 Å². The van der Waals surface area contributed by atoms with E-state index < -0.39 is 0 Å². The highest BCUT2D eigenvalue weighted by Crippen LogP contribution is 1.90. The van der Waals surface area contributed by atoms with Crippen LogP contribution in [0, 0.1) is 0 Å². The van der Waals surface area contributed by atoms with Crippen molar-refractivity contribution in [2.24, 2.45) is 0 Å². The molecule has 13 heavy (non-hydrogen) atoms. The lowest BCUT2D eigenvalue weighted by Gasteiger charge is -2.17. The monoisotopic (exact) mass is 188 g/mol. The highest BCUT2D eigenvalue weighted by Gasteiger charge is 2.06. The molecule has 0 aromatic rings. The molecule has 0 unspecified atom stereocenters. The van der Waals surface area contributed by atoms with Crippen LogP contribution in [0.5, 0.6) is 0 Å². The number of ether oxygens (including phenoxy) is 1. The minimum absolute atomic E-state index is 0.0428. The summed E-state index contributed by atoms with van der Waals surface area (Å²) in [5, 5.41) is 0. The molecule has 78 valence electrons. The maximum atomic E-state index is 11.2. The molecule has 0 N–H and O–H groups in total. The van der Waals surface area contributed by atoms with E-state index in [0.717, 1.165) is 19.5 Å². The van der Waals surface area contributed by atoms with E-state index in [1.165, 1.54) is 7.11 Å². The molecule has 0 radical (unpaired) electrons. The fourth-order valence-electron chi connectivity index (χ4n) is 0.982. The summed E-state index contributed by atoms with van der Waals surface area (Å²) in [6.07, 6.45) is 0.999. The zero-order chi connectivity index (χ0) is 10.3. The van der Waals surface area contributed by atoms with E-state index in [-0.39, 0.29) is 12.5 Å². The molecule has 1 amide bonds. The number of nitrogens with zero attached hydrogens (tertiary/aromatic N) is 2. The molecule has 4 heteroatoms. The molecule has 0 bridgehead atoms. The van der Waals surface area contributed by atoms with Crippen LogP contribution in [0.1, 0.15) is 6.42 Å². The zero-order valence-electron chi connectivity index (χ0n) is 9.04. The number of hydrogen-bond acceptors (Lipinski definition) is 3. The van der Waals surface area contributed by atoms with Crippen molar-refractivity contribution in [2.45, 2.75) is 6.42 Å². The van der Waals surface area contributed by atoms with Crippen molar-refractivity contribution < 1.29 is 9.53 Å². The smallest absolute Gasteiger partial charge is 0.248 e. The summed E-state index contributed by atoms with van der Waals surface area (Å²) in [5.74, 6) is 0.0428.